The Hall–Kier alpha value is -1.25. The highest BCUT2D eigenvalue weighted by Gasteiger charge is 2.23. The van der Waals surface area contributed by atoms with Crippen molar-refractivity contribution in [2.45, 2.75) is 19.3 Å². The van der Waals surface area contributed by atoms with Gasteiger partial charge in [-0.15, -0.1) is 0 Å². The Morgan fingerprint density at radius 2 is 2.00 bits per heavy atom. The average molecular weight is 354 g/mol. The molecule has 0 unspecified atom stereocenters. The van der Waals surface area contributed by atoms with E-state index in [0.717, 1.165) is 63.1 Å². The van der Waals surface area contributed by atoms with E-state index in [-0.39, 0.29) is 5.75 Å². The van der Waals surface area contributed by atoms with Crippen LogP contribution in [0.5, 0.6) is 0 Å². The van der Waals surface area contributed by atoms with Crippen LogP contribution < -0.4 is 4.90 Å². The Labute approximate surface area is 143 Å². The molecule has 1 aromatic heterocycles. The largest absolute Gasteiger partial charge is 0.381 e. The molecule has 1 atom stereocenters. The Morgan fingerprint density at radius 3 is 2.62 bits per heavy atom. The number of sulfone groups is 1. The van der Waals surface area contributed by atoms with Crippen LogP contribution in [0.3, 0.4) is 0 Å². The second-order valence-corrected chi connectivity index (χ2v) is 8.98. The highest BCUT2D eigenvalue weighted by atomic mass is 32.2. The standard InChI is InChI=1S/C16H26N4O3S/c1-13-17-15(14-3-9-23-12-14)11-16(18-13)20-6-4-19(5-7-20)8-10-24(2,21)22/h11,14H,3-10,12H2,1-2H3/t14-/m0/s1. The molecule has 0 aromatic carbocycles. The lowest BCUT2D eigenvalue weighted by Gasteiger charge is -2.35. The number of rotatable bonds is 5. The monoisotopic (exact) mass is 354 g/mol. The Morgan fingerprint density at radius 1 is 1.25 bits per heavy atom. The van der Waals surface area contributed by atoms with Crippen molar-refractivity contribution >= 4 is 15.7 Å². The lowest BCUT2D eigenvalue weighted by atomic mass is 10.0. The maximum Gasteiger partial charge on any atom is 0.148 e. The van der Waals surface area contributed by atoms with Gasteiger partial charge in [-0.2, -0.15) is 0 Å². The first-order valence-electron chi connectivity index (χ1n) is 8.49. The van der Waals surface area contributed by atoms with Crippen LogP contribution in [-0.4, -0.2) is 81.2 Å². The number of piperazine rings is 1. The quantitative estimate of drug-likeness (QED) is 0.760. The van der Waals surface area contributed by atoms with Crippen molar-refractivity contribution in [3.63, 3.8) is 0 Å². The molecule has 134 valence electrons. The molecule has 0 amide bonds. The lowest BCUT2D eigenvalue weighted by molar-refractivity contribution is 0.193. The van der Waals surface area contributed by atoms with E-state index in [2.05, 4.69) is 25.8 Å². The minimum absolute atomic E-state index is 0.228. The van der Waals surface area contributed by atoms with E-state index >= 15 is 0 Å². The van der Waals surface area contributed by atoms with Crippen LogP contribution >= 0.6 is 0 Å². The van der Waals surface area contributed by atoms with Gasteiger partial charge in [-0.3, -0.25) is 4.90 Å². The number of anilines is 1. The van der Waals surface area contributed by atoms with Gasteiger partial charge in [-0.1, -0.05) is 0 Å². The van der Waals surface area contributed by atoms with Crippen molar-refractivity contribution in [2.24, 2.45) is 0 Å². The van der Waals surface area contributed by atoms with Gasteiger partial charge in [-0.05, 0) is 13.3 Å². The molecule has 0 spiro atoms. The maximum atomic E-state index is 11.3. The molecular weight excluding hydrogens is 328 g/mol. The summed E-state index contributed by atoms with van der Waals surface area (Å²) in [7, 11) is -2.90. The average Bonchev–Trinajstić information content (AvgIpc) is 3.07. The van der Waals surface area contributed by atoms with Crippen molar-refractivity contribution in [1.29, 1.82) is 0 Å². The molecule has 2 fully saturated rings. The molecule has 3 rings (SSSR count). The topological polar surface area (TPSA) is 75.6 Å². The zero-order valence-corrected chi connectivity index (χ0v) is 15.3. The van der Waals surface area contributed by atoms with Crippen LogP contribution in [0.25, 0.3) is 0 Å². The van der Waals surface area contributed by atoms with Gasteiger partial charge in [0.15, 0.2) is 0 Å². The van der Waals surface area contributed by atoms with Crippen molar-refractivity contribution in [2.75, 3.05) is 62.8 Å². The van der Waals surface area contributed by atoms with E-state index < -0.39 is 9.84 Å². The van der Waals surface area contributed by atoms with E-state index in [4.69, 9.17) is 4.74 Å². The molecular formula is C16H26N4O3S. The summed E-state index contributed by atoms with van der Waals surface area (Å²) < 4.78 is 28.1. The first-order chi connectivity index (χ1) is 11.4. The van der Waals surface area contributed by atoms with Gasteiger partial charge in [0, 0.05) is 57.6 Å². The van der Waals surface area contributed by atoms with Crippen LogP contribution in [0.15, 0.2) is 6.07 Å². The van der Waals surface area contributed by atoms with Crippen molar-refractivity contribution in [3.8, 4) is 0 Å². The van der Waals surface area contributed by atoms with Crippen LogP contribution in [-0.2, 0) is 14.6 Å². The second-order valence-electron chi connectivity index (χ2n) is 6.72. The van der Waals surface area contributed by atoms with E-state index in [0.29, 0.717) is 12.5 Å². The summed E-state index contributed by atoms with van der Waals surface area (Å²) in [5.41, 5.74) is 1.08. The van der Waals surface area contributed by atoms with Gasteiger partial charge in [0.25, 0.3) is 0 Å². The van der Waals surface area contributed by atoms with Crippen molar-refractivity contribution in [3.05, 3.63) is 17.6 Å². The summed E-state index contributed by atoms with van der Waals surface area (Å²) >= 11 is 0. The summed E-state index contributed by atoms with van der Waals surface area (Å²) in [6.07, 6.45) is 2.32. The van der Waals surface area contributed by atoms with Crippen LogP contribution in [0.2, 0.25) is 0 Å². The molecule has 2 aliphatic rings. The smallest absolute Gasteiger partial charge is 0.148 e. The fourth-order valence-electron chi connectivity index (χ4n) is 3.21. The van der Waals surface area contributed by atoms with E-state index in [1.54, 1.807) is 0 Å². The third-order valence-corrected chi connectivity index (χ3v) is 5.59. The molecule has 1 aromatic rings. The summed E-state index contributed by atoms with van der Waals surface area (Å²) in [4.78, 5) is 13.7. The molecule has 3 heterocycles. The summed E-state index contributed by atoms with van der Waals surface area (Å²) in [6.45, 7) is 7.55. The Kier molecular flexibility index (Phi) is 5.36. The molecule has 0 radical (unpaired) electrons. The van der Waals surface area contributed by atoms with Gasteiger partial charge in [0.2, 0.25) is 0 Å². The Balaban J connectivity index is 1.61. The maximum absolute atomic E-state index is 11.3. The van der Waals surface area contributed by atoms with E-state index in [1.807, 2.05) is 6.92 Å². The molecule has 0 aliphatic carbocycles. The summed E-state index contributed by atoms with van der Waals surface area (Å²) in [5.74, 6) is 2.38. The highest BCUT2D eigenvalue weighted by Crippen LogP contribution is 2.26. The third-order valence-electron chi connectivity index (χ3n) is 4.67. The van der Waals surface area contributed by atoms with Crippen LogP contribution in [0, 0.1) is 6.92 Å². The fraction of sp³-hybridized carbons (Fsp3) is 0.750. The first kappa shape index (κ1) is 17.6. The lowest BCUT2D eigenvalue weighted by Crippen LogP contribution is -2.48. The molecule has 7 nitrogen and oxygen atoms in total. The normalized spacial score (nSPS) is 22.9. The molecule has 24 heavy (non-hydrogen) atoms. The molecule has 0 saturated carbocycles. The number of aryl methyl sites for hydroxylation is 1. The zero-order valence-electron chi connectivity index (χ0n) is 14.4. The second kappa shape index (κ2) is 7.33. The van der Waals surface area contributed by atoms with Gasteiger partial charge >= 0.3 is 0 Å². The molecule has 2 aliphatic heterocycles. The van der Waals surface area contributed by atoms with Gasteiger partial charge in [-0.25, -0.2) is 18.4 Å². The summed E-state index contributed by atoms with van der Waals surface area (Å²) in [6, 6.07) is 2.10. The molecule has 2 saturated heterocycles. The number of hydrogen-bond acceptors (Lipinski definition) is 7. The highest BCUT2D eigenvalue weighted by molar-refractivity contribution is 7.90. The first-order valence-corrected chi connectivity index (χ1v) is 10.5. The molecule has 0 bridgehead atoms. The minimum Gasteiger partial charge on any atom is -0.381 e. The number of ether oxygens (including phenoxy) is 1. The SMILES string of the molecule is Cc1nc([C@H]2CCOC2)cc(N2CCN(CCS(C)(=O)=O)CC2)n1. The minimum atomic E-state index is -2.90. The summed E-state index contributed by atoms with van der Waals surface area (Å²) in [5, 5.41) is 0. The zero-order chi connectivity index (χ0) is 17.2. The Bertz CT molecular complexity index is 666. The van der Waals surface area contributed by atoms with Crippen LogP contribution in [0.4, 0.5) is 5.82 Å². The fourth-order valence-corrected chi connectivity index (χ4v) is 3.80. The predicted octanol–water partition coefficient (Wildman–Crippen LogP) is 0.456. The molecule has 8 heteroatoms. The van der Waals surface area contributed by atoms with Gasteiger partial charge < -0.3 is 9.64 Å². The van der Waals surface area contributed by atoms with Gasteiger partial charge in [0.1, 0.15) is 21.5 Å². The van der Waals surface area contributed by atoms with Crippen LogP contribution in [0.1, 0.15) is 23.9 Å². The predicted molar refractivity (Wildman–Crippen MR) is 93.3 cm³/mol. The van der Waals surface area contributed by atoms with E-state index in [1.165, 1.54) is 6.26 Å². The van der Waals surface area contributed by atoms with Crippen molar-refractivity contribution < 1.29 is 13.2 Å². The number of hydrogen-bond donors (Lipinski definition) is 0. The van der Waals surface area contributed by atoms with E-state index in [9.17, 15) is 8.42 Å². The number of aromatic nitrogens is 2. The molecule has 0 N–H and O–H groups in total. The van der Waals surface area contributed by atoms with Gasteiger partial charge in [0.05, 0.1) is 18.1 Å². The third kappa shape index (κ3) is 4.64. The van der Waals surface area contributed by atoms with Crippen molar-refractivity contribution in [1.82, 2.24) is 14.9 Å². The number of nitrogens with zero attached hydrogens (tertiary/aromatic N) is 4.